The van der Waals surface area contributed by atoms with Crippen LogP contribution >= 0.6 is 0 Å². The van der Waals surface area contributed by atoms with Gasteiger partial charge in [-0.1, -0.05) is 172 Å². The molecule has 0 bridgehead atoms. The Morgan fingerprint density at radius 2 is 0.829 bits per heavy atom. The fourth-order valence-electron chi connectivity index (χ4n) is 9.52. The Labute approximate surface area is 417 Å². The summed E-state index contributed by atoms with van der Waals surface area (Å²) in [7, 11) is 0. The monoisotopic (exact) mass is 925 g/mol. The van der Waals surface area contributed by atoms with Gasteiger partial charge in [-0.2, -0.15) is 0 Å². The summed E-state index contributed by atoms with van der Waals surface area (Å²) in [5.74, 6) is 0. The van der Waals surface area contributed by atoms with E-state index in [1.165, 1.54) is 75.9 Å². The fourth-order valence-corrected chi connectivity index (χ4v) is 9.52. The molecule has 8 aromatic rings. The van der Waals surface area contributed by atoms with Crippen molar-refractivity contribution >= 4 is 34.1 Å². The van der Waals surface area contributed by atoms with Gasteiger partial charge >= 0.3 is 0 Å². The number of hydrogen-bond donors (Lipinski definition) is 0. The second-order valence-electron chi connectivity index (χ2n) is 19.1. The van der Waals surface area contributed by atoms with Crippen LogP contribution in [-0.4, -0.2) is 33.0 Å². The zero-order valence-corrected chi connectivity index (χ0v) is 41.4. The largest absolute Gasteiger partial charge is 0.381 e. The summed E-state index contributed by atoms with van der Waals surface area (Å²) in [6, 6.07) is 72.4. The first-order chi connectivity index (χ1) is 34.4. The first-order valence-electron chi connectivity index (χ1n) is 25.5. The van der Waals surface area contributed by atoms with Crippen LogP contribution in [0.25, 0.3) is 33.4 Å². The van der Waals surface area contributed by atoms with Gasteiger partial charge in [-0.05, 0) is 144 Å². The molecule has 1 aliphatic rings. The van der Waals surface area contributed by atoms with E-state index in [9.17, 15) is 0 Å². The lowest BCUT2D eigenvalue weighted by Crippen LogP contribution is -2.45. The molecule has 0 spiro atoms. The molecule has 0 unspecified atom stereocenters. The lowest BCUT2D eigenvalue weighted by Gasteiger charge is -2.40. The summed E-state index contributed by atoms with van der Waals surface area (Å²) in [5.41, 5.74) is 17.8. The molecule has 0 atom stereocenters. The van der Waals surface area contributed by atoms with E-state index in [0.29, 0.717) is 6.61 Å². The highest BCUT2D eigenvalue weighted by Crippen LogP contribution is 2.40. The summed E-state index contributed by atoms with van der Waals surface area (Å²) >= 11 is 0. The number of aryl methyl sites for hydroxylation is 2. The average Bonchev–Trinajstić information content (AvgIpc) is 3.40. The highest BCUT2D eigenvalue weighted by Gasteiger charge is 2.36. The summed E-state index contributed by atoms with van der Waals surface area (Å²) in [6.45, 7) is 11.4. The molecule has 0 aromatic heterocycles. The molecule has 356 valence electrons. The molecule has 0 amide bonds. The molecule has 70 heavy (non-hydrogen) atoms. The van der Waals surface area contributed by atoms with E-state index >= 15 is 0 Å². The summed E-state index contributed by atoms with van der Waals surface area (Å²) in [6.07, 6.45) is 8.32. The van der Waals surface area contributed by atoms with Gasteiger partial charge < -0.3 is 24.0 Å². The number of ether oxygens (including phenoxy) is 3. The molecular formula is C65H68N2O3. The Hall–Kier alpha value is -6.76. The fraction of sp³-hybridized carbons (Fsp3) is 0.262. The minimum Gasteiger partial charge on any atom is -0.381 e. The number of rotatable bonds is 23. The van der Waals surface area contributed by atoms with Gasteiger partial charge in [0.15, 0.2) is 0 Å². The number of nitrogens with zero attached hydrogens (tertiary/aromatic N) is 2. The van der Waals surface area contributed by atoms with Crippen LogP contribution in [0.5, 0.6) is 0 Å². The van der Waals surface area contributed by atoms with Crippen LogP contribution in [0, 0.1) is 19.3 Å². The molecule has 1 fully saturated rings. The Morgan fingerprint density at radius 1 is 0.429 bits per heavy atom. The number of anilines is 6. The maximum atomic E-state index is 6.17. The van der Waals surface area contributed by atoms with E-state index in [0.717, 1.165) is 86.3 Å². The third-order valence-electron chi connectivity index (χ3n) is 13.9. The van der Waals surface area contributed by atoms with Gasteiger partial charge in [0, 0.05) is 52.8 Å². The maximum absolute atomic E-state index is 6.17. The van der Waals surface area contributed by atoms with Crippen molar-refractivity contribution < 1.29 is 14.2 Å². The van der Waals surface area contributed by atoms with Crippen molar-refractivity contribution in [1.82, 2.24) is 0 Å². The van der Waals surface area contributed by atoms with Crippen molar-refractivity contribution in [2.45, 2.75) is 72.3 Å². The lowest BCUT2D eigenvalue weighted by atomic mass is 9.84. The van der Waals surface area contributed by atoms with Crippen molar-refractivity contribution in [3.05, 3.63) is 217 Å². The van der Waals surface area contributed by atoms with Gasteiger partial charge in [-0.3, -0.25) is 0 Å². The molecule has 1 aliphatic heterocycles. The molecule has 5 nitrogen and oxygen atoms in total. The Morgan fingerprint density at radius 3 is 1.24 bits per heavy atom. The zero-order chi connectivity index (χ0) is 48.0. The van der Waals surface area contributed by atoms with E-state index in [1.807, 2.05) is 0 Å². The van der Waals surface area contributed by atoms with Crippen molar-refractivity contribution in [1.29, 1.82) is 0 Å². The van der Waals surface area contributed by atoms with E-state index < -0.39 is 0 Å². The molecule has 1 heterocycles. The molecular weight excluding hydrogens is 857 g/mol. The van der Waals surface area contributed by atoms with Crippen LogP contribution in [0.3, 0.4) is 0 Å². The van der Waals surface area contributed by atoms with Crippen molar-refractivity contribution in [2.75, 3.05) is 42.8 Å². The third-order valence-corrected chi connectivity index (χ3v) is 13.9. The highest BCUT2D eigenvalue weighted by atomic mass is 16.5. The van der Waals surface area contributed by atoms with Gasteiger partial charge in [0.2, 0.25) is 0 Å². The second kappa shape index (κ2) is 23.7. The topological polar surface area (TPSA) is 34.2 Å². The van der Waals surface area contributed by atoms with Crippen molar-refractivity contribution in [3.8, 4) is 33.4 Å². The average molecular weight is 925 g/mol. The van der Waals surface area contributed by atoms with E-state index in [1.54, 1.807) is 0 Å². The van der Waals surface area contributed by atoms with Crippen molar-refractivity contribution in [3.63, 3.8) is 0 Å². The Kier molecular flexibility index (Phi) is 16.3. The lowest BCUT2D eigenvalue weighted by molar-refractivity contribution is -0.150. The normalized spacial score (nSPS) is 12.9. The highest BCUT2D eigenvalue weighted by molar-refractivity contribution is 5.83. The molecule has 8 aromatic carbocycles. The second-order valence-corrected chi connectivity index (χ2v) is 19.1. The van der Waals surface area contributed by atoms with Gasteiger partial charge in [-0.15, -0.1) is 0 Å². The maximum Gasteiger partial charge on any atom is 0.0716 e. The number of benzene rings is 8. The minimum atomic E-state index is 0.286. The summed E-state index contributed by atoms with van der Waals surface area (Å²) in [5, 5.41) is 0. The van der Waals surface area contributed by atoms with Crippen LogP contribution in [-0.2, 0) is 20.8 Å². The summed E-state index contributed by atoms with van der Waals surface area (Å²) in [4.78, 5) is 4.71. The van der Waals surface area contributed by atoms with Gasteiger partial charge in [-0.25, -0.2) is 0 Å². The first kappa shape index (κ1) is 48.3. The molecule has 1 saturated heterocycles. The molecule has 0 aliphatic carbocycles. The predicted molar refractivity (Wildman–Crippen MR) is 293 cm³/mol. The molecule has 0 radical (unpaired) electrons. The number of unbranched alkanes of at least 4 members (excludes halogenated alkanes) is 5. The van der Waals surface area contributed by atoms with Crippen LogP contribution < -0.4 is 9.80 Å². The van der Waals surface area contributed by atoms with Crippen molar-refractivity contribution in [2.24, 2.45) is 5.41 Å². The first-order valence-corrected chi connectivity index (χ1v) is 25.5. The number of hydrogen-bond acceptors (Lipinski definition) is 5. The standard InChI is InChI=1S/C65H68N2O3/c1-4-65(48-70-49-65)47-69-44-16-8-6-5-7-15-43-68-46-52-22-32-59(33-23-52)66(60-34-24-55(25-35-60)53-17-11-9-12-18-53)61-36-26-57(27-37-61)58-30-40-63(41-31-58)67(64-42-21-50(2)45-51(64)3)62-38-28-56(29-39-62)54-19-13-10-14-20-54/h9-14,17-42,45H,4-8,15-16,43-44,46-49H2,1-3H3. The van der Waals surface area contributed by atoms with Crippen LogP contribution in [0.4, 0.5) is 34.1 Å². The molecule has 0 saturated carbocycles. The van der Waals surface area contributed by atoms with Gasteiger partial charge in [0.25, 0.3) is 0 Å². The Balaban J connectivity index is 0.857. The van der Waals surface area contributed by atoms with E-state index in [4.69, 9.17) is 14.2 Å². The quantitative estimate of drug-likeness (QED) is 0.0597. The minimum absolute atomic E-state index is 0.286. The third kappa shape index (κ3) is 12.2. The predicted octanol–water partition coefficient (Wildman–Crippen LogP) is 17.5. The summed E-state index contributed by atoms with van der Waals surface area (Å²) < 4.78 is 17.6. The molecule has 5 heteroatoms. The zero-order valence-electron chi connectivity index (χ0n) is 41.4. The molecule has 9 rings (SSSR count). The Bertz CT molecular complexity index is 2820. The van der Waals surface area contributed by atoms with E-state index in [2.05, 4.69) is 231 Å². The van der Waals surface area contributed by atoms with Crippen LogP contribution in [0.2, 0.25) is 0 Å². The van der Waals surface area contributed by atoms with E-state index in [-0.39, 0.29) is 5.41 Å². The van der Waals surface area contributed by atoms with Gasteiger partial charge in [0.05, 0.1) is 26.4 Å². The smallest absolute Gasteiger partial charge is 0.0716 e. The SMILES string of the molecule is CCC1(COCCCCCCCCOCc2ccc(N(c3ccc(-c4ccccc4)cc3)c3ccc(-c4ccc(N(c5ccc(-c6ccccc6)cc5)c5ccc(C)cc5C)cc4)cc3)cc2)COC1. The molecule has 0 N–H and O–H groups in total. The van der Waals surface area contributed by atoms with Crippen LogP contribution in [0.15, 0.2) is 200 Å². The van der Waals surface area contributed by atoms with Gasteiger partial charge in [0.1, 0.15) is 0 Å². The van der Waals surface area contributed by atoms with Crippen LogP contribution in [0.1, 0.15) is 68.6 Å².